The van der Waals surface area contributed by atoms with Crippen molar-refractivity contribution in [3.63, 3.8) is 0 Å². The predicted molar refractivity (Wildman–Crippen MR) is 53.4 cm³/mol. The van der Waals surface area contributed by atoms with Crippen molar-refractivity contribution in [2.75, 3.05) is 0 Å². The van der Waals surface area contributed by atoms with E-state index < -0.39 is 0 Å². The molecular formula is C8H16O2Si. The Hall–Kier alpha value is -1.09. The van der Waals surface area contributed by atoms with E-state index in [1.165, 1.54) is 6.92 Å². The predicted octanol–water partition coefficient (Wildman–Crippen LogP) is 0.990. The van der Waals surface area contributed by atoms with E-state index in [2.05, 4.69) is 31.1 Å². The number of carbonyl (C=O) groups is 1. The average Bonchev–Trinajstić information content (AvgIpc) is 1.93. The first-order valence-corrected chi connectivity index (χ1v) is 4.19. The fourth-order valence-electron chi connectivity index (χ4n) is 0.117. The second-order valence-corrected chi connectivity index (χ2v) is 2.00. The van der Waals surface area contributed by atoms with Crippen LogP contribution in [0.25, 0.3) is 0 Å². The molecule has 0 rings (SSSR count). The molecule has 11 heavy (non-hydrogen) atoms. The maximum atomic E-state index is 9.75. The molecule has 0 radical (unpaired) electrons. The Morgan fingerprint density at radius 1 is 1.45 bits per heavy atom. The van der Waals surface area contributed by atoms with Crippen molar-refractivity contribution in [2.24, 2.45) is 0 Å². The first-order chi connectivity index (χ1) is 5.18. The van der Waals surface area contributed by atoms with E-state index >= 15 is 0 Å². The van der Waals surface area contributed by atoms with E-state index in [1.54, 1.807) is 0 Å². The van der Waals surface area contributed by atoms with Crippen LogP contribution in [-0.2, 0) is 9.53 Å². The van der Waals surface area contributed by atoms with Gasteiger partial charge in [-0.25, -0.2) is 0 Å². The van der Waals surface area contributed by atoms with E-state index in [0.717, 1.165) is 16.5 Å². The molecule has 0 unspecified atom stereocenters. The summed E-state index contributed by atoms with van der Waals surface area (Å²) >= 11 is 0. The van der Waals surface area contributed by atoms with Crippen molar-refractivity contribution in [2.45, 2.75) is 6.92 Å². The second-order valence-electron chi connectivity index (χ2n) is 1.18. The minimum atomic E-state index is -0.329. The van der Waals surface area contributed by atoms with Gasteiger partial charge in [0.1, 0.15) is 0 Å². The van der Waals surface area contributed by atoms with Crippen LogP contribution >= 0.6 is 0 Å². The Labute approximate surface area is 71.7 Å². The van der Waals surface area contributed by atoms with E-state index in [1.807, 2.05) is 5.70 Å². The van der Waals surface area contributed by atoms with Gasteiger partial charge in [0.05, 0.1) is 6.26 Å². The Morgan fingerprint density at radius 3 is 1.73 bits per heavy atom. The summed E-state index contributed by atoms with van der Waals surface area (Å²) in [6.45, 7) is 13.9. The van der Waals surface area contributed by atoms with Crippen LogP contribution in [0.1, 0.15) is 6.92 Å². The summed E-state index contributed by atoms with van der Waals surface area (Å²) in [5.41, 5.74) is 1.89. The first-order valence-electron chi connectivity index (χ1n) is 3.04. The number of esters is 1. The minimum Gasteiger partial charge on any atom is -0.435 e. The van der Waals surface area contributed by atoms with Crippen molar-refractivity contribution in [3.8, 4) is 0 Å². The number of carbonyl (C=O) groups excluding carboxylic acids is 1. The van der Waals surface area contributed by atoms with E-state index in [9.17, 15) is 4.79 Å². The van der Waals surface area contributed by atoms with E-state index in [-0.39, 0.29) is 5.97 Å². The molecule has 0 N–H and O–H groups in total. The lowest BCUT2D eigenvalue weighted by Gasteiger charge is -1.83. The van der Waals surface area contributed by atoms with Crippen LogP contribution in [0.3, 0.4) is 0 Å². The number of rotatable bonds is 1. The number of hydrogen-bond donors (Lipinski definition) is 0. The minimum absolute atomic E-state index is 0.329. The highest BCUT2D eigenvalue weighted by Crippen LogP contribution is 1.70. The molecule has 64 valence electrons. The molecular weight excluding hydrogens is 156 g/mol. The molecule has 0 fully saturated rings. The van der Waals surface area contributed by atoms with Gasteiger partial charge in [0, 0.05) is 17.2 Å². The molecule has 0 amide bonds. The molecule has 0 aliphatic heterocycles. The Balaban J connectivity index is -0.000000109. The van der Waals surface area contributed by atoms with Crippen molar-refractivity contribution in [3.05, 3.63) is 38.3 Å². The molecule has 0 aliphatic rings. The van der Waals surface area contributed by atoms with Gasteiger partial charge in [-0.2, -0.15) is 0 Å². The molecule has 0 heterocycles. The average molecular weight is 172 g/mol. The monoisotopic (exact) mass is 172 g/mol. The zero-order valence-electron chi connectivity index (χ0n) is 7.30. The van der Waals surface area contributed by atoms with Gasteiger partial charge in [0.2, 0.25) is 0 Å². The molecule has 0 aromatic heterocycles. The van der Waals surface area contributed by atoms with Crippen molar-refractivity contribution in [1.82, 2.24) is 0 Å². The number of ether oxygens (including phenoxy) is 1. The fourth-order valence-corrected chi connectivity index (χ4v) is 0.117. The van der Waals surface area contributed by atoms with Crippen molar-refractivity contribution in [1.29, 1.82) is 0 Å². The Kier molecular flexibility index (Phi) is 34.6. The van der Waals surface area contributed by atoms with Crippen LogP contribution in [0.15, 0.2) is 38.3 Å². The molecule has 2 nitrogen and oxygen atoms in total. The van der Waals surface area contributed by atoms with Crippen LogP contribution in [0, 0.1) is 0 Å². The van der Waals surface area contributed by atoms with Gasteiger partial charge in [-0.1, -0.05) is 6.58 Å². The highest BCUT2D eigenvalue weighted by Gasteiger charge is 1.79. The summed E-state index contributed by atoms with van der Waals surface area (Å²) < 4.78 is 4.17. The lowest BCUT2D eigenvalue weighted by atomic mass is 10.8. The van der Waals surface area contributed by atoms with Gasteiger partial charge in [0.25, 0.3) is 0 Å². The van der Waals surface area contributed by atoms with Gasteiger partial charge in [-0.05, 0) is 0 Å². The zero-order valence-corrected chi connectivity index (χ0v) is 9.30. The van der Waals surface area contributed by atoms with Gasteiger partial charge < -0.3 is 4.74 Å². The molecule has 0 spiro atoms. The first kappa shape index (κ1) is 16.5. The quantitative estimate of drug-likeness (QED) is 0.255. The van der Waals surface area contributed by atoms with Crippen LogP contribution in [0.4, 0.5) is 0 Å². The summed E-state index contributed by atoms with van der Waals surface area (Å²) in [7, 11) is 1.13. The summed E-state index contributed by atoms with van der Waals surface area (Å²) in [6.07, 6.45) is 1.10. The van der Waals surface area contributed by atoms with Gasteiger partial charge >= 0.3 is 5.97 Å². The lowest BCUT2D eigenvalue weighted by Crippen LogP contribution is -1.87. The standard InChI is InChI=1S/C4H6O2.C2H6Si.C2H4/c1-3-6-4(2)5;1-2-3;1-2/h3H,1H2,2H3;2H,1H2,3H3;1-2H2. The molecule has 0 saturated carbocycles. The topological polar surface area (TPSA) is 26.3 Å². The summed E-state index contributed by atoms with van der Waals surface area (Å²) in [4.78, 5) is 9.75. The maximum Gasteiger partial charge on any atom is 0.307 e. The van der Waals surface area contributed by atoms with Gasteiger partial charge in [-0.15, -0.1) is 25.4 Å². The molecule has 0 aliphatic carbocycles. The summed E-state index contributed by atoms with van der Waals surface area (Å²) in [5.74, 6) is -0.329. The lowest BCUT2D eigenvalue weighted by molar-refractivity contribution is -0.135. The highest BCUT2D eigenvalue weighted by molar-refractivity contribution is 6.16. The van der Waals surface area contributed by atoms with Crippen LogP contribution in [-0.4, -0.2) is 16.2 Å². The Bertz CT molecular complexity index is 111. The third kappa shape index (κ3) is 117. The van der Waals surface area contributed by atoms with Crippen molar-refractivity contribution >= 4 is 16.2 Å². The second kappa shape index (κ2) is 23.1. The largest absolute Gasteiger partial charge is 0.435 e. The van der Waals surface area contributed by atoms with Crippen LogP contribution in [0.2, 0.25) is 0 Å². The SMILES string of the molecule is C=C.C=COC(C)=O.C=C[SiH3]. The van der Waals surface area contributed by atoms with Gasteiger partial charge in [0.15, 0.2) is 0 Å². The molecule has 0 saturated heterocycles. The van der Waals surface area contributed by atoms with Crippen LogP contribution < -0.4 is 0 Å². The van der Waals surface area contributed by atoms with Crippen molar-refractivity contribution < 1.29 is 9.53 Å². The van der Waals surface area contributed by atoms with E-state index in [4.69, 9.17) is 0 Å². The third-order valence-corrected chi connectivity index (χ3v) is 0.249. The zero-order chi connectivity index (χ0) is 9.70. The summed E-state index contributed by atoms with van der Waals surface area (Å²) in [6, 6.07) is 0. The number of hydrogen-bond acceptors (Lipinski definition) is 2. The molecule has 3 heteroatoms. The third-order valence-electron chi connectivity index (χ3n) is 0.249. The molecule has 0 atom stereocenters. The molecule has 0 aromatic rings. The highest BCUT2D eigenvalue weighted by atomic mass is 28.1. The maximum absolute atomic E-state index is 9.75. The molecule has 0 bridgehead atoms. The van der Waals surface area contributed by atoms with Gasteiger partial charge in [-0.3, -0.25) is 4.79 Å². The van der Waals surface area contributed by atoms with E-state index in [0.29, 0.717) is 0 Å². The summed E-state index contributed by atoms with van der Waals surface area (Å²) in [5, 5.41) is 0. The molecule has 0 aromatic carbocycles. The Morgan fingerprint density at radius 2 is 1.73 bits per heavy atom. The smallest absolute Gasteiger partial charge is 0.307 e. The normalized spacial score (nSPS) is 5.55. The van der Waals surface area contributed by atoms with Crippen LogP contribution in [0.5, 0.6) is 0 Å². The fraction of sp³-hybridized carbons (Fsp3) is 0.125.